The molecule has 5 nitrogen and oxygen atoms in total. The van der Waals surface area contributed by atoms with Crippen molar-refractivity contribution in [3.63, 3.8) is 0 Å². The molecule has 0 atom stereocenters. The number of rotatable bonds is 4. The van der Waals surface area contributed by atoms with Gasteiger partial charge in [0, 0.05) is 33.8 Å². The number of hydrogen-bond donors (Lipinski definition) is 1. The van der Waals surface area contributed by atoms with Crippen molar-refractivity contribution in [2.24, 2.45) is 0 Å². The number of aromatic nitrogens is 2. The zero-order chi connectivity index (χ0) is 28.6. The quantitative estimate of drug-likeness (QED) is 0.713. The van der Waals surface area contributed by atoms with Gasteiger partial charge >= 0.3 is 0 Å². The number of benzene rings is 1. The molecule has 3 aromatic rings. The number of anilines is 1. The van der Waals surface area contributed by atoms with Crippen LogP contribution in [0.25, 0.3) is 10.2 Å². The average Bonchev–Trinajstić information content (AvgIpc) is 3.09. The van der Waals surface area contributed by atoms with Crippen molar-refractivity contribution >= 4 is 39.0 Å². The summed E-state index contributed by atoms with van der Waals surface area (Å²) in [5, 5.41) is 9.46. The Labute approximate surface area is 178 Å². The highest BCUT2D eigenvalue weighted by Gasteiger charge is 2.20. The summed E-state index contributed by atoms with van der Waals surface area (Å²) in [6.07, 6.45) is -4.93. The van der Waals surface area contributed by atoms with Gasteiger partial charge in [-0.1, -0.05) is 23.7 Å². The van der Waals surface area contributed by atoms with Crippen molar-refractivity contribution in [2.45, 2.75) is 25.3 Å². The van der Waals surface area contributed by atoms with Crippen molar-refractivity contribution in [3.05, 3.63) is 52.0 Å². The van der Waals surface area contributed by atoms with Gasteiger partial charge in [-0.05, 0) is 36.4 Å². The number of thiophene rings is 1. The third-order valence-corrected chi connectivity index (χ3v) is 4.47. The molecule has 0 aliphatic carbocycles. The third-order valence-electron chi connectivity index (χ3n) is 3.36. The van der Waals surface area contributed by atoms with Crippen molar-refractivity contribution < 1.29 is 16.5 Å². The topological polar surface area (TPSA) is 64.8 Å². The van der Waals surface area contributed by atoms with E-state index in [4.69, 9.17) is 28.1 Å². The largest absolute Gasteiger partial charge is 0.367 e. The highest BCUT2D eigenvalue weighted by atomic mass is 35.5. The number of nitriles is 1. The fraction of sp³-hybridized carbons (Fsp3) is 0.316. The van der Waals surface area contributed by atoms with E-state index < -0.39 is 73.4 Å². The first-order chi connectivity index (χ1) is 17.4. The summed E-state index contributed by atoms with van der Waals surface area (Å²) in [5.41, 5.74) is -1.15. The second-order valence-corrected chi connectivity index (χ2v) is 6.68. The van der Waals surface area contributed by atoms with Crippen molar-refractivity contribution in [3.8, 4) is 6.07 Å². The Hall–Kier alpha value is -2.20. The van der Waals surface area contributed by atoms with Gasteiger partial charge in [0.05, 0.1) is 28.2 Å². The zero-order valence-corrected chi connectivity index (χ0v) is 14.7. The van der Waals surface area contributed by atoms with Crippen LogP contribution in [0.1, 0.15) is 39.0 Å². The minimum Gasteiger partial charge on any atom is -0.367 e. The van der Waals surface area contributed by atoms with Crippen LogP contribution in [-0.2, 0) is 6.50 Å². The van der Waals surface area contributed by atoms with E-state index in [-0.39, 0.29) is 25.9 Å². The lowest BCUT2D eigenvalue weighted by atomic mass is 10.0. The molecule has 1 aromatic carbocycles. The van der Waals surface area contributed by atoms with Crippen molar-refractivity contribution in [1.29, 1.82) is 5.26 Å². The van der Waals surface area contributed by atoms with E-state index >= 15 is 0 Å². The maximum absolute atomic E-state index is 9.30. The number of nitrogens with zero attached hydrogens (tertiary/aromatic N) is 4. The number of fused-ring (bicyclic) bond motifs is 1. The van der Waals surface area contributed by atoms with E-state index in [1.165, 1.54) is 0 Å². The van der Waals surface area contributed by atoms with E-state index in [9.17, 15) is 5.26 Å². The lowest BCUT2D eigenvalue weighted by molar-refractivity contribution is 0.211. The van der Waals surface area contributed by atoms with Gasteiger partial charge in [-0.25, -0.2) is 9.97 Å². The molecule has 3 heterocycles. The van der Waals surface area contributed by atoms with Gasteiger partial charge in [0.25, 0.3) is 0 Å². The van der Waals surface area contributed by atoms with E-state index in [2.05, 4.69) is 9.97 Å². The summed E-state index contributed by atoms with van der Waals surface area (Å²) in [5.74, 6) is -0.422. The Morgan fingerprint density at radius 2 is 2.35 bits per heavy atom. The standard InChI is InChI=1S/C19H18ClN5S/c20-17-9-16-18(22-12-23-19(16)26-17)24-15-4-6-25(7-5-15)11-14-3-1-2-13(8-14)10-21/h1-3,8-9,12,15H,4-7,11H2,(H,22,23,24)/i2D,3D,4D2,5D2,8D,9D,11D2,15D/hD. The molecule has 132 valence electrons. The maximum atomic E-state index is 9.30. The summed E-state index contributed by atoms with van der Waals surface area (Å²) >= 11 is 6.93. The van der Waals surface area contributed by atoms with E-state index in [0.29, 0.717) is 4.90 Å². The van der Waals surface area contributed by atoms with Gasteiger partial charge in [0.1, 0.15) is 17.0 Å². The molecule has 26 heavy (non-hydrogen) atoms. The van der Waals surface area contributed by atoms with E-state index in [0.717, 1.165) is 23.7 Å². The fourth-order valence-corrected chi connectivity index (χ4v) is 3.20. The highest BCUT2D eigenvalue weighted by molar-refractivity contribution is 7.22. The molecule has 1 saturated heterocycles. The molecule has 4 rings (SSSR count). The molecule has 0 spiro atoms. The van der Waals surface area contributed by atoms with Crippen LogP contribution in [0.15, 0.2) is 36.6 Å². The molecule has 2 aromatic heterocycles. The van der Waals surface area contributed by atoms with Crippen LogP contribution in [0.3, 0.4) is 0 Å². The van der Waals surface area contributed by atoms with Crippen LogP contribution in [0.5, 0.6) is 0 Å². The molecule has 0 amide bonds. The molecule has 1 N–H and O–H groups in total. The predicted octanol–water partition coefficient (Wildman–Crippen LogP) is 4.29. The van der Waals surface area contributed by atoms with Gasteiger partial charge in [-0.2, -0.15) is 5.26 Å². The zero-order valence-electron chi connectivity index (χ0n) is 25.1. The number of piperidine rings is 1. The number of nitrogens with one attached hydrogen (secondary N) is 1. The molecular weight excluding hydrogens is 366 g/mol. The van der Waals surface area contributed by atoms with Crippen LogP contribution in [0.2, 0.25) is 5.75 Å². The van der Waals surface area contributed by atoms with Gasteiger partial charge < -0.3 is 5.31 Å². The normalized spacial score (nSPS) is 28.2. The molecule has 0 radical (unpaired) electrons. The predicted molar refractivity (Wildman–Crippen MR) is 106 cm³/mol. The molecule has 1 aliphatic rings. The SMILES string of the molecule is [2H]c1cc([2H])c(C([2H])([2H])N2CC([2H])([2H])C([2H])(N([2H])c3ncnc4sc(Cl)c([2H])c34)C([2H])([2H])C2)c([2H])c1C#N. The monoisotopic (exact) mass is 395 g/mol. The second kappa shape index (κ2) is 7.58. The second-order valence-electron chi connectivity index (χ2n) is 5.08. The fourth-order valence-electron chi connectivity index (χ4n) is 2.22. The van der Waals surface area contributed by atoms with Gasteiger partial charge in [-0.15, -0.1) is 11.3 Å². The first-order valence-electron chi connectivity index (χ1n) is 13.3. The van der Waals surface area contributed by atoms with Crippen molar-refractivity contribution in [2.75, 3.05) is 18.4 Å². The first-order valence-corrected chi connectivity index (χ1v) is 8.57. The number of halogens is 1. The first kappa shape index (κ1) is 8.22. The van der Waals surface area contributed by atoms with Gasteiger partial charge in [0.15, 0.2) is 1.41 Å². The van der Waals surface area contributed by atoms with Crippen LogP contribution >= 0.6 is 22.9 Å². The molecule has 0 unspecified atom stereocenters. The smallest absolute Gasteiger partial charge is 0.162 e. The molecule has 0 saturated carbocycles. The summed E-state index contributed by atoms with van der Waals surface area (Å²) in [7, 11) is 0. The minimum atomic E-state index is -3.02. The number of hydrogen-bond acceptors (Lipinski definition) is 6. The Kier molecular flexibility index (Phi) is 2.40. The highest BCUT2D eigenvalue weighted by Crippen LogP contribution is 2.32. The molecule has 1 aliphatic heterocycles. The van der Waals surface area contributed by atoms with E-state index in [1.54, 1.807) is 6.07 Å². The minimum absolute atomic E-state index is 0.0102. The summed E-state index contributed by atoms with van der Waals surface area (Å²) in [6, 6.07) is -2.61. The van der Waals surface area contributed by atoms with Gasteiger partial charge in [-0.3, -0.25) is 4.90 Å². The van der Waals surface area contributed by atoms with Crippen LogP contribution in [0, 0.1) is 11.3 Å². The Bertz CT molecular complexity index is 1470. The average molecular weight is 396 g/mol. The summed E-state index contributed by atoms with van der Waals surface area (Å²) in [4.78, 5) is 8.75. The van der Waals surface area contributed by atoms with Crippen LogP contribution in [0.4, 0.5) is 5.82 Å². The molecule has 7 heteroatoms. The summed E-state index contributed by atoms with van der Waals surface area (Å²) < 4.78 is 102. The van der Waals surface area contributed by atoms with Crippen LogP contribution in [-0.4, -0.2) is 34.0 Å². The molecule has 1 fully saturated rings. The maximum Gasteiger partial charge on any atom is 0.162 e. The van der Waals surface area contributed by atoms with E-state index in [1.807, 2.05) is 0 Å². The lowest BCUT2D eigenvalue weighted by Gasteiger charge is -2.32. The number of likely N-dealkylation sites (tertiary alicyclic amines) is 1. The Morgan fingerprint density at radius 3 is 3.15 bits per heavy atom. The molecular formula is C19H18ClN5S. The molecule has 0 bridgehead atoms. The lowest BCUT2D eigenvalue weighted by Crippen LogP contribution is -2.38. The summed E-state index contributed by atoms with van der Waals surface area (Å²) in [6.45, 7) is -4.76. The van der Waals surface area contributed by atoms with Gasteiger partial charge in [0.2, 0.25) is 0 Å². The Morgan fingerprint density at radius 1 is 1.50 bits per heavy atom. The Balaban J connectivity index is 1.82. The third kappa shape index (κ3) is 3.80. The van der Waals surface area contributed by atoms with Crippen molar-refractivity contribution in [1.82, 2.24) is 14.9 Å². The van der Waals surface area contributed by atoms with Crippen LogP contribution < -0.4 is 5.31 Å².